The Kier molecular flexibility index (Phi) is 7.20. The van der Waals surface area contributed by atoms with E-state index in [0.29, 0.717) is 5.56 Å². The van der Waals surface area contributed by atoms with E-state index in [2.05, 4.69) is 0 Å². The number of rotatable bonds is 2. The highest BCUT2D eigenvalue weighted by Gasteiger charge is 2.42. The Morgan fingerprint density at radius 1 is 0.800 bits per heavy atom. The molecule has 1 unspecified atom stereocenters. The van der Waals surface area contributed by atoms with Gasteiger partial charge in [-0.15, -0.1) is 0 Å². The van der Waals surface area contributed by atoms with E-state index in [0.717, 1.165) is 0 Å². The monoisotopic (exact) mass is 413 g/mol. The van der Waals surface area contributed by atoms with Crippen LogP contribution in [-0.2, 0) is 28.8 Å². The second-order valence-corrected chi connectivity index (χ2v) is 5.90. The summed E-state index contributed by atoms with van der Waals surface area (Å²) in [6, 6.07) is 8.23. The Labute approximate surface area is 169 Å². The molecule has 0 saturated carbocycles. The minimum Gasteiger partial charge on any atom is -0.293 e. The zero-order valence-electron chi connectivity index (χ0n) is 15.2. The van der Waals surface area contributed by atoms with Gasteiger partial charge in [-0.2, -0.15) is 5.06 Å². The van der Waals surface area contributed by atoms with Gasteiger partial charge in [-0.3, -0.25) is 49.4 Å². The number of ketones is 1. The number of imide groups is 3. The summed E-state index contributed by atoms with van der Waals surface area (Å²) in [5.41, 5.74) is 0.365. The van der Waals surface area contributed by atoms with Crippen LogP contribution in [0.1, 0.15) is 16.8 Å². The molecule has 3 aliphatic rings. The zero-order chi connectivity index (χ0) is 22.3. The Balaban J connectivity index is 0.000000188. The maximum Gasteiger partial charge on any atom is 0.264 e. The van der Waals surface area contributed by atoms with Crippen molar-refractivity contribution in [2.45, 2.75) is 6.42 Å². The molecule has 3 aliphatic heterocycles. The van der Waals surface area contributed by atoms with Crippen LogP contribution in [0.5, 0.6) is 0 Å². The second-order valence-electron chi connectivity index (χ2n) is 5.90. The fourth-order valence-corrected chi connectivity index (χ4v) is 2.34. The number of carbonyl (C=O) groups is 7. The molecule has 0 spiro atoms. The fraction of sp³-hybridized carbons (Fsp3) is 0.105. The lowest BCUT2D eigenvalue weighted by Gasteiger charge is -2.06. The number of carbonyl (C=O) groups excluding carboxylic acids is 7. The largest absolute Gasteiger partial charge is 0.293 e. The molecule has 1 saturated heterocycles. The van der Waals surface area contributed by atoms with Crippen molar-refractivity contribution in [1.82, 2.24) is 15.7 Å². The molecule has 11 heteroatoms. The van der Waals surface area contributed by atoms with Gasteiger partial charge in [0.05, 0.1) is 0 Å². The van der Waals surface area contributed by atoms with Crippen LogP contribution in [-0.4, -0.2) is 51.5 Å². The minimum absolute atomic E-state index is 0.0194. The summed E-state index contributed by atoms with van der Waals surface area (Å²) < 4.78 is 0. The molecule has 30 heavy (non-hydrogen) atoms. The zero-order valence-corrected chi connectivity index (χ0v) is 15.2. The van der Waals surface area contributed by atoms with Gasteiger partial charge in [0.25, 0.3) is 35.4 Å². The van der Waals surface area contributed by atoms with Crippen molar-refractivity contribution in [3.63, 3.8) is 0 Å². The molecule has 0 radical (unpaired) electrons. The summed E-state index contributed by atoms with van der Waals surface area (Å²) in [7, 11) is 0. The van der Waals surface area contributed by atoms with Gasteiger partial charge in [0.2, 0.25) is 0 Å². The highest BCUT2D eigenvalue weighted by molar-refractivity contribution is 6.18. The average molecular weight is 413 g/mol. The predicted octanol–water partition coefficient (Wildman–Crippen LogP) is -0.968. The third kappa shape index (κ3) is 5.87. The molecular formula is C19H15N3O8. The number of nitrogens with one attached hydrogen (secondary N) is 2. The van der Waals surface area contributed by atoms with Crippen molar-refractivity contribution in [3.05, 3.63) is 60.2 Å². The van der Waals surface area contributed by atoms with Gasteiger partial charge in [0.1, 0.15) is 5.92 Å². The third-order valence-electron chi connectivity index (χ3n) is 3.76. The maximum atomic E-state index is 11.8. The molecule has 0 aromatic heterocycles. The van der Waals surface area contributed by atoms with Crippen molar-refractivity contribution in [2.75, 3.05) is 0 Å². The number of hydrogen-bond donors (Lipinski definition) is 3. The molecular weight excluding hydrogens is 398 g/mol. The average Bonchev–Trinajstić information content (AvgIpc) is 3.38. The molecule has 3 heterocycles. The number of benzene rings is 1. The summed E-state index contributed by atoms with van der Waals surface area (Å²) >= 11 is 0. The number of hydrogen-bond acceptors (Lipinski definition) is 8. The Bertz CT molecular complexity index is 913. The quantitative estimate of drug-likeness (QED) is 0.241. The second kappa shape index (κ2) is 9.80. The third-order valence-corrected chi connectivity index (χ3v) is 3.76. The molecule has 6 amide bonds. The summed E-state index contributed by atoms with van der Waals surface area (Å²) in [5.74, 6) is -4.42. The summed E-state index contributed by atoms with van der Waals surface area (Å²) in [5, 5.41) is 13.1. The van der Waals surface area contributed by atoms with Crippen LogP contribution in [0.2, 0.25) is 0 Å². The van der Waals surface area contributed by atoms with E-state index in [1.807, 2.05) is 10.6 Å². The van der Waals surface area contributed by atoms with Crippen LogP contribution in [0.25, 0.3) is 0 Å². The lowest BCUT2D eigenvalue weighted by Crippen LogP contribution is -2.29. The maximum absolute atomic E-state index is 11.8. The number of nitrogens with zero attached hydrogens (tertiary/aromatic N) is 1. The number of amides is 6. The van der Waals surface area contributed by atoms with E-state index >= 15 is 0 Å². The van der Waals surface area contributed by atoms with Gasteiger partial charge in [-0.25, -0.2) is 0 Å². The van der Waals surface area contributed by atoms with Crippen molar-refractivity contribution in [2.24, 2.45) is 5.92 Å². The van der Waals surface area contributed by atoms with Gasteiger partial charge < -0.3 is 0 Å². The lowest BCUT2D eigenvalue weighted by atomic mass is 9.96. The molecule has 4 rings (SSSR count). The first-order chi connectivity index (χ1) is 14.2. The smallest absolute Gasteiger partial charge is 0.264 e. The predicted molar refractivity (Wildman–Crippen MR) is 97.1 cm³/mol. The first-order valence-electron chi connectivity index (χ1n) is 8.40. The Hall–Kier alpha value is -4.25. The van der Waals surface area contributed by atoms with Crippen LogP contribution in [0, 0.1) is 5.92 Å². The van der Waals surface area contributed by atoms with Crippen molar-refractivity contribution in [1.29, 1.82) is 0 Å². The van der Waals surface area contributed by atoms with Crippen LogP contribution in [0.3, 0.4) is 0 Å². The SMILES string of the molecule is O=C(c1ccccc1)C1CC(=O)N(O)C1=O.O=C1C=CC(=O)N1.O=C1C=CC(=O)N1. The van der Waals surface area contributed by atoms with Gasteiger partial charge in [0.15, 0.2) is 5.78 Å². The molecule has 11 nitrogen and oxygen atoms in total. The molecule has 1 fully saturated rings. The number of Topliss-reactive ketones (excluding diaryl/α,β-unsaturated/α-hetero) is 1. The Morgan fingerprint density at radius 3 is 1.53 bits per heavy atom. The van der Waals surface area contributed by atoms with E-state index in [4.69, 9.17) is 5.21 Å². The minimum atomic E-state index is -1.08. The summed E-state index contributed by atoms with van der Waals surface area (Å²) in [6.45, 7) is 0. The van der Waals surface area contributed by atoms with Gasteiger partial charge in [-0.05, 0) is 0 Å². The summed E-state index contributed by atoms with van der Waals surface area (Å²) in [6.07, 6.45) is 4.53. The topological polar surface area (TPSA) is 167 Å². The highest BCUT2D eigenvalue weighted by atomic mass is 16.5. The van der Waals surface area contributed by atoms with Crippen molar-refractivity contribution >= 4 is 41.2 Å². The van der Waals surface area contributed by atoms with E-state index in [9.17, 15) is 33.6 Å². The van der Waals surface area contributed by atoms with E-state index < -0.39 is 23.5 Å². The first-order valence-corrected chi connectivity index (χ1v) is 8.40. The van der Waals surface area contributed by atoms with Crippen LogP contribution in [0.15, 0.2) is 54.6 Å². The van der Waals surface area contributed by atoms with Crippen LogP contribution in [0.4, 0.5) is 0 Å². The van der Waals surface area contributed by atoms with Gasteiger partial charge >= 0.3 is 0 Å². The van der Waals surface area contributed by atoms with Gasteiger partial charge in [-0.1, -0.05) is 30.3 Å². The summed E-state index contributed by atoms with van der Waals surface area (Å²) in [4.78, 5) is 74.4. The molecule has 3 N–H and O–H groups in total. The van der Waals surface area contributed by atoms with Crippen molar-refractivity contribution < 1.29 is 38.8 Å². The number of hydroxylamine groups is 2. The normalized spacial score (nSPS) is 19.1. The fourth-order valence-electron chi connectivity index (χ4n) is 2.34. The standard InChI is InChI=1S/C11H9NO4.2C4H3NO2/c13-9-6-8(11(15)12(9)16)10(14)7-4-2-1-3-5-7;2*6-3-1-2-4(7)5-3/h1-5,8,16H,6H2;2*1-2H,(H,5,6,7). The molecule has 1 atom stereocenters. The van der Waals surface area contributed by atoms with Crippen LogP contribution >= 0.6 is 0 Å². The van der Waals surface area contributed by atoms with Crippen LogP contribution < -0.4 is 10.6 Å². The molecule has 154 valence electrons. The molecule has 1 aromatic carbocycles. The van der Waals surface area contributed by atoms with Gasteiger partial charge in [0, 0.05) is 36.3 Å². The van der Waals surface area contributed by atoms with E-state index in [-0.39, 0.29) is 35.1 Å². The lowest BCUT2D eigenvalue weighted by molar-refractivity contribution is -0.171. The van der Waals surface area contributed by atoms with E-state index in [1.54, 1.807) is 30.3 Å². The first kappa shape index (κ1) is 22.0. The highest BCUT2D eigenvalue weighted by Crippen LogP contribution is 2.22. The van der Waals surface area contributed by atoms with E-state index in [1.165, 1.54) is 24.3 Å². The van der Waals surface area contributed by atoms with Crippen molar-refractivity contribution in [3.8, 4) is 0 Å². The molecule has 1 aromatic rings. The molecule has 0 bridgehead atoms. The Morgan fingerprint density at radius 2 is 1.23 bits per heavy atom. The molecule has 0 aliphatic carbocycles.